The molecule has 1 aliphatic heterocycles. The number of ketones is 1. The summed E-state index contributed by atoms with van der Waals surface area (Å²) >= 11 is 0. The minimum absolute atomic E-state index is 0.00423. The third-order valence-electron chi connectivity index (χ3n) is 4.50. The third kappa shape index (κ3) is 2.79. The first-order chi connectivity index (χ1) is 9.85. The van der Waals surface area contributed by atoms with Crippen LogP contribution in [0.5, 0.6) is 0 Å². The molecule has 0 unspecified atom stereocenters. The van der Waals surface area contributed by atoms with Crippen molar-refractivity contribution in [3.63, 3.8) is 0 Å². The van der Waals surface area contributed by atoms with E-state index in [-0.39, 0.29) is 11.2 Å². The highest BCUT2D eigenvalue weighted by atomic mass is 16.1. The summed E-state index contributed by atoms with van der Waals surface area (Å²) in [6.07, 6.45) is 1.45. The van der Waals surface area contributed by atoms with Gasteiger partial charge >= 0.3 is 0 Å². The number of Topliss-reactive ketones (excluding diaryl/α,β-unsaturated/α-hetero) is 1. The third-order valence-corrected chi connectivity index (χ3v) is 4.50. The Morgan fingerprint density at radius 2 is 1.71 bits per heavy atom. The summed E-state index contributed by atoms with van der Waals surface area (Å²) in [5.41, 5.74) is 2.56. The predicted molar refractivity (Wildman–Crippen MR) is 82.9 cm³/mol. The molecular weight excluding hydrogens is 264 g/mol. The van der Waals surface area contributed by atoms with E-state index in [0.29, 0.717) is 6.42 Å². The van der Waals surface area contributed by atoms with E-state index in [1.807, 2.05) is 6.92 Å². The highest BCUT2D eigenvalue weighted by molar-refractivity contribution is 5.99. The lowest BCUT2D eigenvalue weighted by atomic mass is 9.75. The van der Waals surface area contributed by atoms with Gasteiger partial charge in [0, 0.05) is 32.6 Å². The van der Waals surface area contributed by atoms with Crippen molar-refractivity contribution in [3.05, 3.63) is 17.0 Å². The molecule has 0 radical (unpaired) electrons. The van der Waals surface area contributed by atoms with E-state index in [1.54, 1.807) is 0 Å². The van der Waals surface area contributed by atoms with Crippen LogP contribution in [-0.4, -0.2) is 53.9 Å². The van der Waals surface area contributed by atoms with Crippen LogP contribution in [0.4, 0.5) is 5.95 Å². The van der Waals surface area contributed by atoms with Crippen molar-refractivity contribution in [2.75, 3.05) is 38.1 Å². The molecule has 0 atom stereocenters. The summed E-state index contributed by atoms with van der Waals surface area (Å²) in [4.78, 5) is 26.3. The van der Waals surface area contributed by atoms with Crippen LogP contribution in [0.1, 0.15) is 42.0 Å². The van der Waals surface area contributed by atoms with E-state index in [0.717, 1.165) is 55.5 Å². The Labute approximate surface area is 126 Å². The standard InChI is InChI=1S/C16H24N4O/c1-11-14-12(9-16(2,3)10-13(14)21)18-15(17-11)20-7-5-19(4)6-8-20/h5-10H2,1-4H3. The maximum Gasteiger partial charge on any atom is 0.225 e. The number of likely N-dealkylation sites (N-methyl/N-ethyl adjacent to an activating group) is 1. The molecule has 21 heavy (non-hydrogen) atoms. The van der Waals surface area contributed by atoms with Crippen molar-refractivity contribution in [1.29, 1.82) is 0 Å². The monoisotopic (exact) mass is 288 g/mol. The summed E-state index contributed by atoms with van der Waals surface area (Å²) in [7, 11) is 2.14. The Bertz CT molecular complexity index is 574. The molecule has 0 bridgehead atoms. The van der Waals surface area contributed by atoms with Crippen LogP contribution >= 0.6 is 0 Å². The van der Waals surface area contributed by atoms with Crippen LogP contribution in [-0.2, 0) is 6.42 Å². The van der Waals surface area contributed by atoms with Crippen molar-refractivity contribution in [1.82, 2.24) is 14.9 Å². The normalized spacial score (nSPS) is 22.3. The fraction of sp³-hybridized carbons (Fsp3) is 0.688. The summed E-state index contributed by atoms with van der Waals surface area (Å²) in [6, 6.07) is 0. The van der Waals surface area contributed by atoms with Gasteiger partial charge in [-0.2, -0.15) is 0 Å². The fourth-order valence-electron chi connectivity index (χ4n) is 3.29. The fourth-order valence-corrected chi connectivity index (χ4v) is 3.29. The molecule has 0 amide bonds. The van der Waals surface area contributed by atoms with Gasteiger partial charge in [-0.3, -0.25) is 4.79 Å². The van der Waals surface area contributed by atoms with Crippen molar-refractivity contribution >= 4 is 11.7 Å². The number of nitrogens with zero attached hydrogens (tertiary/aromatic N) is 4. The number of fused-ring (bicyclic) bond motifs is 1. The second kappa shape index (κ2) is 5.05. The van der Waals surface area contributed by atoms with Crippen LogP contribution in [0.15, 0.2) is 0 Å². The van der Waals surface area contributed by atoms with Gasteiger partial charge in [0.2, 0.25) is 5.95 Å². The molecular formula is C16H24N4O. The lowest BCUT2D eigenvalue weighted by Crippen LogP contribution is -2.45. The zero-order valence-corrected chi connectivity index (χ0v) is 13.4. The average Bonchev–Trinajstić information content (AvgIpc) is 2.36. The molecule has 0 spiro atoms. The van der Waals surface area contributed by atoms with Gasteiger partial charge in [-0.1, -0.05) is 13.8 Å². The SMILES string of the molecule is Cc1nc(N2CCN(C)CC2)nc2c1C(=O)CC(C)(C)C2. The van der Waals surface area contributed by atoms with Crippen LogP contribution in [0.3, 0.4) is 0 Å². The van der Waals surface area contributed by atoms with Gasteiger partial charge in [0.05, 0.1) is 17.0 Å². The second-order valence-corrected chi connectivity index (χ2v) is 7.16. The Kier molecular flexibility index (Phi) is 3.48. The van der Waals surface area contributed by atoms with E-state index >= 15 is 0 Å². The van der Waals surface area contributed by atoms with Crippen molar-refractivity contribution in [2.45, 2.75) is 33.6 Å². The number of hydrogen-bond acceptors (Lipinski definition) is 5. The largest absolute Gasteiger partial charge is 0.338 e. The zero-order valence-electron chi connectivity index (χ0n) is 13.4. The van der Waals surface area contributed by atoms with Gasteiger partial charge in [0.25, 0.3) is 0 Å². The molecule has 0 N–H and O–H groups in total. The van der Waals surface area contributed by atoms with E-state index in [4.69, 9.17) is 4.98 Å². The van der Waals surface area contributed by atoms with Gasteiger partial charge in [-0.25, -0.2) is 9.97 Å². The van der Waals surface area contributed by atoms with Gasteiger partial charge < -0.3 is 9.80 Å². The molecule has 5 nitrogen and oxygen atoms in total. The van der Waals surface area contributed by atoms with Crippen molar-refractivity contribution in [2.24, 2.45) is 5.41 Å². The predicted octanol–water partition coefficient (Wildman–Crippen LogP) is 1.69. The molecule has 2 heterocycles. The van der Waals surface area contributed by atoms with Crippen LogP contribution < -0.4 is 4.90 Å². The summed E-state index contributed by atoms with van der Waals surface area (Å²) < 4.78 is 0. The molecule has 1 aliphatic carbocycles. The Balaban J connectivity index is 1.95. The lowest BCUT2D eigenvalue weighted by molar-refractivity contribution is 0.0909. The first-order valence-electron chi connectivity index (χ1n) is 7.70. The maximum absolute atomic E-state index is 12.4. The minimum atomic E-state index is 0.00423. The van der Waals surface area contributed by atoms with E-state index in [2.05, 4.69) is 35.7 Å². The molecule has 1 fully saturated rings. The Morgan fingerprint density at radius 1 is 1.05 bits per heavy atom. The number of rotatable bonds is 1. The number of aromatic nitrogens is 2. The molecule has 0 aromatic carbocycles. The summed E-state index contributed by atoms with van der Waals surface area (Å²) in [5.74, 6) is 0.994. The second-order valence-electron chi connectivity index (χ2n) is 7.16. The number of carbonyl (C=O) groups excluding carboxylic acids is 1. The molecule has 1 saturated heterocycles. The molecule has 5 heteroatoms. The highest BCUT2D eigenvalue weighted by Gasteiger charge is 2.34. The van der Waals surface area contributed by atoms with E-state index in [1.165, 1.54) is 0 Å². The first-order valence-corrected chi connectivity index (χ1v) is 7.70. The Morgan fingerprint density at radius 3 is 2.38 bits per heavy atom. The average molecular weight is 288 g/mol. The van der Waals surface area contributed by atoms with Crippen LogP contribution in [0.2, 0.25) is 0 Å². The quantitative estimate of drug-likeness (QED) is 0.787. The van der Waals surface area contributed by atoms with E-state index in [9.17, 15) is 4.79 Å². The van der Waals surface area contributed by atoms with E-state index < -0.39 is 0 Å². The number of hydrogen-bond donors (Lipinski definition) is 0. The highest BCUT2D eigenvalue weighted by Crippen LogP contribution is 2.35. The number of piperazine rings is 1. The molecule has 3 rings (SSSR count). The first kappa shape index (κ1) is 14.4. The topological polar surface area (TPSA) is 49.3 Å². The van der Waals surface area contributed by atoms with Gasteiger partial charge in [-0.05, 0) is 25.8 Å². The van der Waals surface area contributed by atoms with Crippen molar-refractivity contribution < 1.29 is 4.79 Å². The summed E-state index contributed by atoms with van der Waals surface area (Å²) in [6.45, 7) is 10.2. The van der Waals surface area contributed by atoms with Gasteiger partial charge in [-0.15, -0.1) is 0 Å². The zero-order chi connectivity index (χ0) is 15.2. The summed E-state index contributed by atoms with van der Waals surface area (Å²) in [5, 5.41) is 0. The molecule has 114 valence electrons. The maximum atomic E-state index is 12.4. The van der Waals surface area contributed by atoms with Crippen LogP contribution in [0.25, 0.3) is 0 Å². The van der Waals surface area contributed by atoms with Crippen molar-refractivity contribution in [3.8, 4) is 0 Å². The Hall–Kier alpha value is -1.49. The lowest BCUT2D eigenvalue weighted by Gasteiger charge is -2.34. The number of anilines is 1. The molecule has 0 saturated carbocycles. The van der Waals surface area contributed by atoms with Gasteiger partial charge in [0.15, 0.2) is 5.78 Å². The number of aryl methyl sites for hydroxylation is 1. The van der Waals surface area contributed by atoms with Gasteiger partial charge in [0.1, 0.15) is 0 Å². The smallest absolute Gasteiger partial charge is 0.225 e. The molecule has 2 aliphatic rings. The molecule has 1 aromatic heterocycles. The van der Waals surface area contributed by atoms with Crippen LogP contribution in [0, 0.1) is 12.3 Å². The number of carbonyl (C=O) groups is 1. The minimum Gasteiger partial charge on any atom is -0.338 e. The molecule has 1 aromatic rings.